The first-order valence-electron chi connectivity index (χ1n) is 6.65. The molecule has 1 atom stereocenters. The molecule has 3 heterocycles. The molecule has 7 nitrogen and oxygen atoms in total. The number of hydrogen-bond acceptors (Lipinski definition) is 4. The van der Waals surface area contributed by atoms with Crippen LogP contribution in [0.2, 0.25) is 5.02 Å². The van der Waals surface area contributed by atoms with Crippen LogP contribution in [0.3, 0.4) is 0 Å². The quantitative estimate of drug-likeness (QED) is 0.816. The number of hydrogen-bond donors (Lipinski definition) is 1. The van der Waals surface area contributed by atoms with Crippen LogP contribution in [0.25, 0.3) is 5.69 Å². The lowest BCUT2D eigenvalue weighted by atomic mass is 9.99. The van der Waals surface area contributed by atoms with Crippen molar-refractivity contribution in [3.8, 4) is 11.6 Å². The smallest absolute Gasteiger partial charge is 0.449 e. The van der Waals surface area contributed by atoms with Crippen molar-refractivity contribution in [1.82, 2.24) is 14.5 Å². The van der Waals surface area contributed by atoms with Gasteiger partial charge in [-0.1, -0.05) is 11.6 Å². The van der Waals surface area contributed by atoms with Crippen molar-refractivity contribution in [2.75, 3.05) is 6.54 Å². The molecular formula is C14H10ClN3O4. The molecule has 1 aromatic carbocycles. The number of imidazole rings is 1. The number of amides is 1. The zero-order chi connectivity index (χ0) is 15.4. The van der Waals surface area contributed by atoms with Gasteiger partial charge in [0, 0.05) is 11.6 Å². The van der Waals surface area contributed by atoms with Gasteiger partial charge < -0.3 is 14.7 Å². The number of benzene rings is 1. The first-order chi connectivity index (χ1) is 10.6. The zero-order valence-corrected chi connectivity index (χ0v) is 11.9. The van der Waals surface area contributed by atoms with Gasteiger partial charge in [-0.2, -0.15) is 0 Å². The molecule has 2 aliphatic heterocycles. The maximum atomic E-state index is 12.6. The second-order valence-electron chi connectivity index (χ2n) is 5.14. The second-order valence-corrected chi connectivity index (χ2v) is 5.57. The highest BCUT2D eigenvalue weighted by Crippen LogP contribution is 2.43. The van der Waals surface area contributed by atoms with Crippen LogP contribution in [-0.2, 0) is 0 Å². The average molecular weight is 320 g/mol. The molecule has 8 heteroatoms. The van der Waals surface area contributed by atoms with E-state index in [-0.39, 0.29) is 17.8 Å². The van der Waals surface area contributed by atoms with E-state index in [0.717, 1.165) is 6.42 Å². The van der Waals surface area contributed by atoms with Crippen molar-refractivity contribution in [2.24, 2.45) is 0 Å². The monoisotopic (exact) mass is 319 g/mol. The lowest BCUT2D eigenvalue weighted by Crippen LogP contribution is -2.44. The number of carboxylic acid groups (broad SMARTS) is 1. The molecular weight excluding hydrogens is 310 g/mol. The minimum absolute atomic E-state index is 0.0119. The number of carbonyl (C=O) groups is 2. The SMILES string of the molecule is O=C(O)Oc1ncn2c1[C@@H]1CCN1C(=O)c1cc(Cl)ccc1-2. The summed E-state index contributed by atoms with van der Waals surface area (Å²) in [5.41, 5.74) is 1.66. The van der Waals surface area contributed by atoms with E-state index >= 15 is 0 Å². The predicted molar refractivity (Wildman–Crippen MR) is 75.6 cm³/mol. The standard InChI is InChI=1S/C14H10ClN3O4/c15-7-1-2-9-8(5-7)13(19)17-4-3-10(17)11-12(22-14(20)21)16-6-18(9)11/h1-2,5-6,10H,3-4H2,(H,20,21)/t10-/m0/s1. The first kappa shape index (κ1) is 13.1. The van der Waals surface area contributed by atoms with Gasteiger partial charge in [0.2, 0.25) is 5.88 Å². The molecule has 0 spiro atoms. The van der Waals surface area contributed by atoms with E-state index in [2.05, 4.69) is 4.98 Å². The highest BCUT2D eigenvalue weighted by atomic mass is 35.5. The maximum absolute atomic E-state index is 12.6. The Morgan fingerprint density at radius 3 is 2.95 bits per heavy atom. The fraction of sp³-hybridized carbons (Fsp3) is 0.214. The molecule has 1 amide bonds. The molecule has 4 rings (SSSR count). The van der Waals surface area contributed by atoms with Crippen LogP contribution >= 0.6 is 11.6 Å². The summed E-state index contributed by atoms with van der Waals surface area (Å²) in [5, 5.41) is 9.31. The van der Waals surface area contributed by atoms with Crippen LogP contribution in [0.4, 0.5) is 4.79 Å². The van der Waals surface area contributed by atoms with Gasteiger partial charge in [0.15, 0.2) is 0 Å². The molecule has 0 unspecified atom stereocenters. The van der Waals surface area contributed by atoms with Crippen molar-refractivity contribution in [3.05, 3.63) is 40.8 Å². The summed E-state index contributed by atoms with van der Waals surface area (Å²) in [4.78, 5) is 29.2. The van der Waals surface area contributed by atoms with E-state index in [4.69, 9.17) is 21.4 Å². The van der Waals surface area contributed by atoms with Gasteiger partial charge in [-0.05, 0) is 24.6 Å². The number of ether oxygens (including phenoxy) is 1. The lowest BCUT2D eigenvalue weighted by Gasteiger charge is -2.39. The number of rotatable bonds is 1. The van der Waals surface area contributed by atoms with E-state index in [1.165, 1.54) is 6.33 Å². The largest absolute Gasteiger partial charge is 0.512 e. The summed E-state index contributed by atoms with van der Waals surface area (Å²) >= 11 is 6.00. The average Bonchev–Trinajstić information content (AvgIpc) is 2.77. The van der Waals surface area contributed by atoms with Crippen LogP contribution in [0.1, 0.15) is 28.5 Å². The van der Waals surface area contributed by atoms with Crippen molar-refractivity contribution in [1.29, 1.82) is 0 Å². The second kappa shape index (κ2) is 4.48. The summed E-state index contributed by atoms with van der Waals surface area (Å²) < 4.78 is 6.46. The minimum atomic E-state index is -1.43. The van der Waals surface area contributed by atoms with E-state index < -0.39 is 6.16 Å². The molecule has 22 heavy (non-hydrogen) atoms. The third kappa shape index (κ3) is 1.72. The number of halogens is 1. The number of carbonyl (C=O) groups excluding carboxylic acids is 1. The summed E-state index contributed by atoms with van der Waals surface area (Å²) in [7, 11) is 0. The minimum Gasteiger partial charge on any atom is -0.449 e. The normalized spacial score (nSPS) is 18.7. The molecule has 112 valence electrons. The van der Waals surface area contributed by atoms with Crippen LogP contribution in [0, 0.1) is 0 Å². The van der Waals surface area contributed by atoms with Crippen molar-refractivity contribution in [3.63, 3.8) is 0 Å². The Morgan fingerprint density at radius 2 is 2.27 bits per heavy atom. The van der Waals surface area contributed by atoms with Crippen molar-refractivity contribution in [2.45, 2.75) is 12.5 Å². The van der Waals surface area contributed by atoms with E-state index in [0.29, 0.717) is 28.5 Å². The summed E-state index contributed by atoms with van der Waals surface area (Å²) in [6.45, 7) is 0.604. The van der Waals surface area contributed by atoms with Crippen molar-refractivity contribution >= 4 is 23.7 Å². The van der Waals surface area contributed by atoms with Crippen LogP contribution in [-0.4, -0.2) is 38.2 Å². The van der Waals surface area contributed by atoms with Crippen molar-refractivity contribution < 1.29 is 19.4 Å². The van der Waals surface area contributed by atoms with Gasteiger partial charge in [0.1, 0.15) is 12.0 Å². The fourth-order valence-corrected chi connectivity index (χ4v) is 3.13. The number of nitrogens with zero attached hydrogens (tertiary/aromatic N) is 3. The molecule has 1 N–H and O–H groups in total. The summed E-state index contributed by atoms with van der Waals surface area (Å²) in [5.74, 6) is -0.114. The molecule has 0 radical (unpaired) electrons. The van der Waals surface area contributed by atoms with Gasteiger partial charge in [-0.25, -0.2) is 9.78 Å². The Balaban J connectivity index is 1.96. The molecule has 1 fully saturated rings. The van der Waals surface area contributed by atoms with Crippen LogP contribution < -0.4 is 4.74 Å². The van der Waals surface area contributed by atoms with E-state index in [1.54, 1.807) is 27.7 Å². The Kier molecular flexibility index (Phi) is 2.67. The Labute approximate surface area is 129 Å². The summed E-state index contributed by atoms with van der Waals surface area (Å²) in [6.07, 6.45) is 0.768. The first-order valence-corrected chi connectivity index (χ1v) is 7.03. The Bertz CT molecular complexity index is 816. The molecule has 0 aliphatic carbocycles. The Morgan fingerprint density at radius 1 is 1.45 bits per heavy atom. The molecule has 1 saturated heterocycles. The highest BCUT2D eigenvalue weighted by molar-refractivity contribution is 6.31. The molecule has 2 aliphatic rings. The van der Waals surface area contributed by atoms with Crippen LogP contribution in [0.15, 0.2) is 24.5 Å². The van der Waals surface area contributed by atoms with Gasteiger partial charge in [-0.3, -0.25) is 9.36 Å². The number of fused-ring (bicyclic) bond motifs is 5. The molecule has 0 saturated carbocycles. The number of aromatic nitrogens is 2. The van der Waals surface area contributed by atoms with Crippen LogP contribution in [0.5, 0.6) is 5.88 Å². The predicted octanol–water partition coefficient (Wildman–Crippen LogP) is 2.48. The summed E-state index contributed by atoms with van der Waals surface area (Å²) in [6, 6.07) is 4.77. The highest BCUT2D eigenvalue weighted by Gasteiger charge is 2.42. The Hall–Kier alpha value is -2.54. The van der Waals surface area contributed by atoms with Gasteiger partial charge in [0.05, 0.1) is 17.3 Å². The third-order valence-electron chi connectivity index (χ3n) is 4.00. The van der Waals surface area contributed by atoms with Gasteiger partial charge in [-0.15, -0.1) is 0 Å². The topological polar surface area (TPSA) is 84.7 Å². The molecule has 2 aromatic rings. The van der Waals surface area contributed by atoms with E-state index in [1.807, 2.05) is 0 Å². The zero-order valence-electron chi connectivity index (χ0n) is 11.2. The molecule has 0 bridgehead atoms. The van der Waals surface area contributed by atoms with Gasteiger partial charge >= 0.3 is 6.16 Å². The fourth-order valence-electron chi connectivity index (χ4n) is 2.96. The lowest BCUT2D eigenvalue weighted by molar-refractivity contribution is 0.0454. The van der Waals surface area contributed by atoms with E-state index in [9.17, 15) is 9.59 Å². The molecule has 1 aromatic heterocycles. The van der Waals surface area contributed by atoms with Gasteiger partial charge in [0.25, 0.3) is 5.91 Å². The maximum Gasteiger partial charge on any atom is 0.512 e. The third-order valence-corrected chi connectivity index (χ3v) is 4.23.